The number of urea groups is 1. The van der Waals surface area contributed by atoms with Crippen molar-refractivity contribution in [1.29, 1.82) is 0 Å². The van der Waals surface area contributed by atoms with Gasteiger partial charge in [0, 0.05) is 25.0 Å². The summed E-state index contributed by atoms with van der Waals surface area (Å²) in [6.07, 6.45) is 8.27. The van der Waals surface area contributed by atoms with Gasteiger partial charge in [-0.2, -0.15) is 4.98 Å². The van der Waals surface area contributed by atoms with Gasteiger partial charge in [0.25, 0.3) is 0 Å². The lowest BCUT2D eigenvalue weighted by atomic mass is 9.96. The molecule has 1 unspecified atom stereocenters. The van der Waals surface area contributed by atoms with Gasteiger partial charge in [-0.1, -0.05) is 24.4 Å². The molecule has 2 heterocycles. The monoisotopic (exact) mass is 264 g/mol. The first-order valence-electron chi connectivity index (χ1n) is 7.14. The molecule has 2 amide bonds. The number of aromatic nitrogens is 2. The molecule has 2 aliphatic rings. The summed E-state index contributed by atoms with van der Waals surface area (Å²) in [4.78, 5) is 18.1. The Morgan fingerprint density at radius 1 is 1.32 bits per heavy atom. The summed E-state index contributed by atoms with van der Waals surface area (Å²) in [6.45, 7) is 1.47. The first-order chi connectivity index (χ1) is 9.33. The Bertz CT molecular complexity index is 414. The third-order valence-electron chi connectivity index (χ3n) is 4.15. The number of hydrogen-bond acceptors (Lipinski definition) is 4. The second kappa shape index (κ2) is 5.59. The second-order valence-electron chi connectivity index (χ2n) is 5.51. The van der Waals surface area contributed by atoms with E-state index in [1.807, 2.05) is 4.90 Å². The van der Waals surface area contributed by atoms with E-state index in [0.29, 0.717) is 18.4 Å². The van der Waals surface area contributed by atoms with Gasteiger partial charge in [0.2, 0.25) is 6.39 Å². The second-order valence-corrected chi connectivity index (χ2v) is 5.51. The predicted octanol–water partition coefficient (Wildman–Crippen LogP) is 1.90. The molecule has 0 aromatic carbocycles. The zero-order valence-electron chi connectivity index (χ0n) is 11.0. The Morgan fingerprint density at radius 3 is 2.89 bits per heavy atom. The van der Waals surface area contributed by atoms with E-state index in [1.165, 1.54) is 25.7 Å². The van der Waals surface area contributed by atoms with Gasteiger partial charge in [-0.05, 0) is 19.3 Å². The molecule has 1 aromatic rings. The number of nitrogens with zero attached hydrogens (tertiary/aromatic N) is 3. The minimum atomic E-state index is 0.0675. The van der Waals surface area contributed by atoms with Gasteiger partial charge in [0.15, 0.2) is 5.82 Å². The molecule has 0 spiro atoms. The Labute approximate surface area is 112 Å². The van der Waals surface area contributed by atoms with Crippen LogP contribution in [-0.2, 0) is 0 Å². The van der Waals surface area contributed by atoms with E-state index >= 15 is 0 Å². The molecule has 2 fully saturated rings. The molecule has 6 nitrogen and oxygen atoms in total. The molecular formula is C13H20N4O2. The van der Waals surface area contributed by atoms with E-state index in [2.05, 4.69) is 15.5 Å². The van der Waals surface area contributed by atoms with Crippen molar-refractivity contribution in [2.75, 3.05) is 13.1 Å². The van der Waals surface area contributed by atoms with Gasteiger partial charge in [0.05, 0.1) is 0 Å². The molecule has 19 heavy (non-hydrogen) atoms. The molecule has 1 aliphatic carbocycles. The quantitative estimate of drug-likeness (QED) is 0.885. The van der Waals surface area contributed by atoms with Gasteiger partial charge in [0.1, 0.15) is 0 Å². The van der Waals surface area contributed by atoms with Crippen LogP contribution in [0.4, 0.5) is 4.79 Å². The highest BCUT2D eigenvalue weighted by molar-refractivity contribution is 5.75. The fourth-order valence-electron chi connectivity index (χ4n) is 3.03. The van der Waals surface area contributed by atoms with Gasteiger partial charge >= 0.3 is 6.03 Å². The van der Waals surface area contributed by atoms with Crippen molar-refractivity contribution in [1.82, 2.24) is 20.4 Å². The van der Waals surface area contributed by atoms with Crippen molar-refractivity contribution >= 4 is 6.03 Å². The SMILES string of the molecule is O=C(NC1CCCCC1)N1CCC(c2ncon2)C1. The van der Waals surface area contributed by atoms with Crippen LogP contribution in [0.15, 0.2) is 10.9 Å². The molecule has 1 saturated heterocycles. The van der Waals surface area contributed by atoms with Crippen LogP contribution >= 0.6 is 0 Å². The molecule has 1 atom stereocenters. The van der Waals surface area contributed by atoms with Gasteiger partial charge < -0.3 is 14.7 Å². The molecule has 0 bridgehead atoms. The summed E-state index contributed by atoms with van der Waals surface area (Å²) >= 11 is 0. The maximum Gasteiger partial charge on any atom is 0.317 e. The van der Waals surface area contributed by atoms with E-state index in [-0.39, 0.29) is 11.9 Å². The van der Waals surface area contributed by atoms with E-state index < -0.39 is 0 Å². The van der Waals surface area contributed by atoms with Crippen LogP contribution in [0.2, 0.25) is 0 Å². The number of likely N-dealkylation sites (tertiary alicyclic amines) is 1. The third kappa shape index (κ3) is 2.88. The number of amides is 2. The molecule has 1 saturated carbocycles. The van der Waals surface area contributed by atoms with Crippen molar-refractivity contribution in [3.63, 3.8) is 0 Å². The van der Waals surface area contributed by atoms with Crippen LogP contribution in [-0.4, -0.2) is 40.2 Å². The summed E-state index contributed by atoms with van der Waals surface area (Å²) in [6, 6.07) is 0.434. The summed E-state index contributed by atoms with van der Waals surface area (Å²) in [5, 5.41) is 7.01. The predicted molar refractivity (Wildman–Crippen MR) is 68.6 cm³/mol. The van der Waals surface area contributed by atoms with Gasteiger partial charge in [-0.15, -0.1) is 0 Å². The molecular weight excluding hydrogens is 244 g/mol. The van der Waals surface area contributed by atoms with Crippen LogP contribution in [0, 0.1) is 0 Å². The Kier molecular flexibility index (Phi) is 3.66. The van der Waals surface area contributed by atoms with E-state index in [1.54, 1.807) is 0 Å². The van der Waals surface area contributed by atoms with E-state index in [0.717, 1.165) is 25.8 Å². The first-order valence-corrected chi connectivity index (χ1v) is 7.14. The summed E-state index contributed by atoms with van der Waals surface area (Å²) in [7, 11) is 0. The highest BCUT2D eigenvalue weighted by Crippen LogP contribution is 2.25. The summed E-state index contributed by atoms with van der Waals surface area (Å²) in [5.41, 5.74) is 0. The molecule has 3 rings (SSSR count). The maximum atomic E-state index is 12.2. The van der Waals surface area contributed by atoms with Crippen LogP contribution < -0.4 is 5.32 Å². The lowest BCUT2D eigenvalue weighted by Gasteiger charge is -2.26. The maximum absolute atomic E-state index is 12.2. The Morgan fingerprint density at radius 2 is 2.16 bits per heavy atom. The van der Waals surface area contributed by atoms with Gasteiger partial charge in [-0.25, -0.2) is 4.79 Å². The van der Waals surface area contributed by atoms with Crippen LogP contribution in [0.5, 0.6) is 0 Å². The number of rotatable bonds is 2. The van der Waals surface area contributed by atoms with Crippen molar-refractivity contribution in [2.45, 2.75) is 50.5 Å². The molecule has 1 N–H and O–H groups in total. The zero-order chi connectivity index (χ0) is 13.1. The fourth-order valence-corrected chi connectivity index (χ4v) is 3.03. The van der Waals surface area contributed by atoms with E-state index in [9.17, 15) is 4.79 Å². The third-order valence-corrected chi connectivity index (χ3v) is 4.15. The number of nitrogens with one attached hydrogen (secondary N) is 1. The summed E-state index contributed by atoms with van der Waals surface area (Å²) in [5.74, 6) is 0.934. The van der Waals surface area contributed by atoms with E-state index in [4.69, 9.17) is 4.52 Å². The minimum Gasteiger partial charge on any atom is -0.343 e. The molecule has 1 aliphatic heterocycles. The first kappa shape index (κ1) is 12.4. The highest BCUT2D eigenvalue weighted by Gasteiger charge is 2.30. The largest absolute Gasteiger partial charge is 0.343 e. The number of hydrogen-bond donors (Lipinski definition) is 1. The van der Waals surface area contributed by atoms with Crippen molar-refractivity contribution < 1.29 is 9.32 Å². The van der Waals surface area contributed by atoms with Crippen LogP contribution in [0.1, 0.15) is 50.3 Å². The normalized spacial score (nSPS) is 24.6. The topological polar surface area (TPSA) is 71.3 Å². The minimum absolute atomic E-state index is 0.0675. The van der Waals surface area contributed by atoms with Crippen molar-refractivity contribution in [2.24, 2.45) is 0 Å². The Balaban J connectivity index is 1.51. The smallest absolute Gasteiger partial charge is 0.317 e. The molecule has 104 valence electrons. The van der Waals surface area contributed by atoms with Crippen molar-refractivity contribution in [3.8, 4) is 0 Å². The molecule has 1 aromatic heterocycles. The fraction of sp³-hybridized carbons (Fsp3) is 0.769. The number of carbonyl (C=O) groups is 1. The zero-order valence-corrected chi connectivity index (χ0v) is 11.0. The summed E-state index contributed by atoms with van der Waals surface area (Å²) < 4.78 is 4.76. The van der Waals surface area contributed by atoms with Crippen LogP contribution in [0.3, 0.4) is 0 Å². The van der Waals surface area contributed by atoms with Crippen molar-refractivity contribution in [3.05, 3.63) is 12.2 Å². The Hall–Kier alpha value is -1.59. The van der Waals surface area contributed by atoms with Gasteiger partial charge in [-0.3, -0.25) is 0 Å². The highest BCUT2D eigenvalue weighted by atomic mass is 16.5. The lowest BCUT2D eigenvalue weighted by molar-refractivity contribution is 0.200. The molecule has 0 radical (unpaired) electrons. The molecule has 6 heteroatoms. The average molecular weight is 264 g/mol. The number of carbonyl (C=O) groups excluding carboxylic acids is 1. The standard InChI is InChI=1S/C13H20N4O2/c18-13(15-11-4-2-1-3-5-11)17-7-6-10(8-17)12-14-9-19-16-12/h9-11H,1-8H2,(H,15,18). The van der Waals surface area contributed by atoms with Crippen LogP contribution in [0.25, 0.3) is 0 Å². The average Bonchev–Trinajstić information content (AvgIpc) is 3.11. The lowest BCUT2D eigenvalue weighted by Crippen LogP contribution is -2.44.